The fourth-order valence-corrected chi connectivity index (χ4v) is 2.74. The Balaban J connectivity index is 1.67. The minimum Gasteiger partial charge on any atom is -0.493 e. The van der Waals surface area contributed by atoms with Crippen molar-refractivity contribution in [1.29, 1.82) is 0 Å². The summed E-state index contributed by atoms with van der Waals surface area (Å²) >= 11 is 5.97. The summed E-state index contributed by atoms with van der Waals surface area (Å²) in [6, 6.07) is 11.3. The minimum absolute atomic E-state index is 0.0748. The lowest BCUT2D eigenvalue weighted by Crippen LogP contribution is -2.21. The van der Waals surface area contributed by atoms with Crippen LogP contribution in [0.2, 0.25) is 5.02 Å². The van der Waals surface area contributed by atoms with E-state index >= 15 is 0 Å². The van der Waals surface area contributed by atoms with E-state index in [1.54, 1.807) is 29.1 Å². The third-order valence-electron chi connectivity index (χ3n) is 3.93. The van der Waals surface area contributed by atoms with Crippen LogP contribution in [-0.2, 0) is 6.54 Å². The van der Waals surface area contributed by atoms with E-state index in [-0.39, 0.29) is 5.56 Å². The molecule has 5 heteroatoms. The number of ether oxygens (including phenoxy) is 1. The highest BCUT2D eigenvalue weighted by molar-refractivity contribution is 6.31. The molecule has 124 valence electrons. The molecule has 0 spiro atoms. The van der Waals surface area contributed by atoms with Crippen LogP contribution in [0.5, 0.6) is 5.75 Å². The highest BCUT2D eigenvalue weighted by Crippen LogP contribution is 2.19. The Kier molecular flexibility index (Phi) is 4.86. The van der Waals surface area contributed by atoms with E-state index < -0.39 is 0 Å². The van der Waals surface area contributed by atoms with Crippen molar-refractivity contribution in [3.05, 3.63) is 69.2 Å². The van der Waals surface area contributed by atoms with Gasteiger partial charge >= 0.3 is 0 Å². The molecular weight excluding hydrogens is 324 g/mol. The first-order valence-electron chi connectivity index (χ1n) is 7.89. The van der Waals surface area contributed by atoms with Crippen molar-refractivity contribution in [2.75, 3.05) is 6.61 Å². The van der Waals surface area contributed by atoms with Crippen LogP contribution in [0.4, 0.5) is 0 Å². The second-order valence-electron chi connectivity index (χ2n) is 5.88. The number of rotatable bonds is 5. The standard InChI is InChI=1S/C19H19ClN2O2/c1-13-4-5-14(2)18(10-13)24-9-3-8-22-12-21-17-7-6-15(20)11-16(17)19(22)23/h4-7,10-12H,3,8-9H2,1-2H3. The van der Waals surface area contributed by atoms with E-state index in [1.807, 2.05) is 26.0 Å². The fourth-order valence-electron chi connectivity index (χ4n) is 2.57. The smallest absolute Gasteiger partial charge is 0.261 e. The Bertz CT molecular complexity index is 934. The topological polar surface area (TPSA) is 44.1 Å². The van der Waals surface area contributed by atoms with E-state index in [0.717, 1.165) is 17.7 Å². The Morgan fingerprint density at radius 2 is 2.00 bits per heavy atom. The lowest BCUT2D eigenvalue weighted by Gasteiger charge is -2.11. The van der Waals surface area contributed by atoms with E-state index in [1.165, 1.54) is 5.56 Å². The molecule has 1 heterocycles. The molecule has 3 rings (SSSR count). The normalized spacial score (nSPS) is 11.0. The zero-order chi connectivity index (χ0) is 17.1. The van der Waals surface area contributed by atoms with Gasteiger partial charge in [-0.15, -0.1) is 0 Å². The number of hydrogen-bond donors (Lipinski definition) is 0. The van der Waals surface area contributed by atoms with Crippen LogP contribution in [0, 0.1) is 13.8 Å². The maximum atomic E-state index is 12.5. The number of nitrogens with zero attached hydrogens (tertiary/aromatic N) is 2. The summed E-state index contributed by atoms with van der Waals surface area (Å²) < 4.78 is 7.43. The third-order valence-corrected chi connectivity index (χ3v) is 4.17. The second-order valence-corrected chi connectivity index (χ2v) is 6.31. The van der Waals surface area contributed by atoms with Gasteiger partial charge < -0.3 is 4.74 Å². The van der Waals surface area contributed by atoms with Gasteiger partial charge in [-0.1, -0.05) is 23.7 Å². The molecule has 0 atom stereocenters. The van der Waals surface area contributed by atoms with Crippen LogP contribution < -0.4 is 10.3 Å². The molecule has 0 bridgehead atoms. The van der Waals surface area contributed by atoms with E-state index in [4.69, 9.17) is 16.3 Å². The second kappa shape index (κ2) is 7.05. The SMILES string of the molecule is Cc1ccc(C)c(OCCCn2cnc3ccc(Cl)cc3c2=O)c1. The molecule has 0 saturated carbocycles. The molecule has 1 aromatic heterocycles. The first-order chi connectivity index (χ1) is 11.5. The number of fused-ring (bicyclic) bond motifs is 1. The fraction of sp³-hybridized carbons (Fsp3) is 0.263. The largest absolute Gasteiger partial charge is 0.493 e. The van der Waals surface area contributed by atoms with Crippen molar-refractivity contribution in [3.8, 4) is 5.75 Å². The van der Waals surface area contributed by atoms with Crippen molar-refractivity contribution in [2.45, 2.75) is 26.8 Å². The predicted molar refractivity (Wildman–Crippen MR) is 97.0 cm³/mol. The number of benzene rings is 2. The monoisotopic (exact) mass is 342 g/mol. The van der Waals surface area contributed by atoms with Crippen molar-refractivity contribution in [2.24, 2.45) is 0 Å². The molecule has 0 aliphatic carbocycles. The van der Waals surface area contributed by atoms with Crippen LogP contribution >= 0.6 is 11.6 Å². The first-order valence-corrected chi connectivity index (χ1v) is 8.27. The summed E-state index contributed by atoms with van der Waals surface area (Å²) in [6.45, 7) is 5.16. The molecule has 3 aromatic rings. The van der Waals surface area contributed by atoms with Gasteiger partial charge in [-0.3, -0.25) is 9.36 Å². The number of hydrogen-bond acceptors (Lipinski definition) is 3. The molecule has 0 aliphatic rings. The zero-order valence-corrected chi connectivity index (χ0v) is 14.5. The molecule has 24 heavy (non-hydrogen) atoms. The summed E-state index contributed by atoms with van der Waals surface area (Å²) in [7, 11) is 0. The molecule has 0 N–H and O–H groups in total. The quantitative estimate of drug-likeness (QED) is 0.655. The molecule has 0 fully saturated rings. The van der Waals surface area contributed by atoms with Crippen LogP contribution in [0.1, 0.15) is 17.5 Å². The molecule has 0 aliphatic heterocycles. The van der Waals surface area contributed by atoms with Gasteiger partial charge in [0.25, 0.3) is 5.56 Å². The molecule has 0 amide bonds. The minimum atomic E-state index is -0.0748. The average molecular weight is 343 g/mol. The lowest BCUT2D eigenvalue weighted by atomic mass is 10.1. The summed E-state index contributed by atoms with van der Waals surface area (Å²) in [5.41, 5.74) is 2.86. The highest BCUT2D eigenvalue weighted by atomic mass is 35.5. The first kappa shape index (κ1) is 16.5. The Morgan fingerprint density at radius 1 is 1.17 bits per heavy atom. The van der Waals surface area contributed by atoms with Gasteiger partial charge in [0.15, 0.2) is 0 Å². The molecule has 4 nitrogen and oxygen atoms in total. The third kappa shape index (κ3) is 3.60. The van der Waals surface area contributed by atoms with E-state index in [2.05, 4.69) is 11.1 Å². The molecule has 2 aromatic carbocycles. The molecule has 0 unspecified atom stereocenters. The van der Waals surface area contributed by atoms with Crippen LogP contribution in [-0.4, -0.2) is 16.2 Å². The van der Waals surface area contributed by atoms with E-state index in [9.17, 15) is 4.79 Å². The zero-order valence-electron chi connectivity index (χ0n) is 13.8. The van der Waals surface area contributed by atoms with Crippen molar-refractivity contribution in [1.82, 2.24) is 9.55 Å². The summed E-state index contributed by atoms with van der Waals surface area (Å²) in [5.74, 6) is 0.894. The van der Waals surface area contributed by atoms with Gasteiger partial charge in [0.05, 0.1) is 23.8 Å². The van der Waals surface area contributed by atoms with Crippen molar-refractivity contribution in [3.63, 3.8) is 0 Å². The maximum Gasteiger partial charge on any atom is 0.261 e. The number of aromatic nitrogens is 2. The van der Waals surface area contributed by atoms with Crippen LogP contribution in [0.3, 0.4) is 0 Å². The van der Waals surface area contributed by atoms with Gasteiger partial charge in [0.2, 0.25) is 0 Å². The van der Waals surface area contributed by atoms with Gasteiger partial charge in [0.1, 0.15) is 5.75 Å². The Labute approximate surface area is 145 Å². The summed E-state index contributed by atoms with van der Waals surface area (Å²) in [5, 5.41) is 1.08. The highest BCUT2D eigenvalue weighted by Gasteiger charge is 2.05. The number of aryl methyl sites for hydroxylation is 3. The number of halogens is 1. The summed E-state index contributed by atoms with van der Waals surface area (Å²) in [6.07, 6.45) is 2.30. The van der Waals surface area contributed by atoms with Crippen LogP contribution in [0.25, 0.3) is 10.9 Å². The van der Waals surface area contributed by atoms with Gasteiger partial charge in [0, 0.05) is 11.6 Å². The van der Waals surface area contributed by atoms with Gasteiger partial charge in [-0.05, 0) is 55.7 Å². The van der Waals surface area contributed by atoms with Crippen LogP contribution in [0.15, 0.2) is 47.5 Å². The lowest BCUT2D eigenvalue weighted by molar-refractivity contribution is 0.299. The molecular formula is C19H19ClN2O2. The Hall–Kier alpha value is -2.33. The maximum absolute atomic E-state index is 12.5. The average Bonchev–Trinajstić information content (AvgIpc) is 2.57. The van der Waals surface area contributed by atoms with Gasteiger partial charge in [-0.2, -0.15) is 0 Å². The van der Waals surface area contributed by atoms with Crippen molar-refractivity contribution >= 4 is 22.5 Å². The van der Waals surface area contributed by atoms with Crippen molar-refractivity contribution < 1.29 is 4.74 Å². The predicted octanol–water partition coefficient (Wildman–Crippen LogP) is 4.14. The Morgan fingerprint density at radius 3 is 2.83 bits per heavy atom. The molecule has 0 radical (unpaired) electrons. The van der Waals surface area contributed by atoms with Gasteiger partial charge in [-0.25, -0.2) is 4.98 Å². The van der Waals surface area contributed by atoms with E-state index in [0.29, 0.717) is 29.1 Å². The molecule has 0 saturated heterocycles. The summed E-state index contributed by atoms with van der Waals surface area (Å²) in [4.78, 5) is 16.8.